The first kappa shape index (κ1) is 16.9. The quantitative estimate of drug-likeness (QED) is 0.429. The summed E-state index contributed by atoms with van der Waals surface area (Å²) in [7, 11) is 0. The van der Waals surface area contributed by atoms with Crippen LogP contribution in [0.2, 0.25) is 0 Å². The number of nitro groups is 1. The monoisotopic (exact) mass is 291 g/mol. The first-order chi connectivity index (χ1) is 10.0. The molecule has 0 aromatic heterocycles. The van der Waals surface area contributed by atoms with Crippen LogP contribution in [0.5, 0.6) is 5.75 Å². The van der Waals surface area contributed by atoms with E-state index in [-0.39, 0.29) is 11.4 Å². The Hall–Kier alpha value is -2.13. The molecule has 0 unspecified atom stereocenters. The summed E-state index contributed by atoms with van der Waals surface area (Å²) in [5.74, 6) is 0.812. The van der Waals surface area contributed by atoms with Crippen LogP contribution in [0.1, 0.15) is 32.3 Å². The van der Waals surface area contributed by atoms with Crippen LogP contribution < -0.4 is 10.1 Å². The first-order valence-electron chi connectivity index (χ1n) is 7.02. The van der Waals surface area contributed by atoms with E-state index in [0.717, 1.165) is 12.1 Å². The molecule has 1 aromatic rings. The Bertz CT molecular complexity index is 509. The fourth-order valence-corrected chi connectivity index (χ4v) is 1.77. The summed E-state index contributed by atoms with van der Waals surface area (Å²) in [4.78, 5) is 10.5. The van der Waals surface area contributed by atoms with Gasteiger partial charge in [-0.25, -0.2) is 0 Å². The van der Waals surface area contributed by atoms with Gasteiger partial charge in [0, 0.05) is 19.0 Å². The predicted molar refractivity (Wildman–Crippen MR) is 80.0 cm³/mol. The number of nitriles is 1. The molecule has 0 aliphatic rings. The Morgan fingerprint density at radius 3 is 2.86 bits per heavy atom. The second-order valence-electron chi connectivity index (χ2n) is 5.19. The molecular formula is C15H21N3O3. The van der Waals surface area contributed by atoms with Crippen molar-refractivity contribution in [2.75, 3.05) is 13.2 Å². The fourth-order valence-electron chi connectivity index (χ4n) is 1.77. The van der Waals surface area contributed by atoms with E-state index in [9.17, 15) is 10.1 Å². The van der Waals surface area contributed by atoms with Crippen molar-refractivity contribution in [2.24, 2.45) is 5.92 Å². The minimum absolute atomic E-state index is 0.0421. The number of nitrogens with one attached hydrogen (secondary N) is 1. The largest absolute Gasteiger partial charge is 0.487 e. The Labute approximate surface area is 124 Å². The van der Waals surface area contributed by atoms with Gasteiger partial charge in [-0.1, -0.05) is 19.9 Å². The molecule has 0 saturated heterocycles. The highest BCUT2D eigenvalue weighted by molar-refractivity contribution is 5.48. The van der Waals surface area contributed by atoms with Crippen molar-refractivity contribution in [2.45, 2.75) is 33.2 Å². The number of unbranched alkanes of at least 4 members (excludes halogenated alkanes) is 1. The van der Waals surface area contributed by atoms with Crippen molar-refractivity contribution >= 4 is 5.69 Å². The summed E-state index contributed by atoms with van der Waals surface area (Å²) < 4.78 is 5.45. The molecule has 0 saturated carbocycles. The van der Waals surface area contributed by atoms with Gasteiger partial charge in [0.25, 0.3) is 0 Å². The minimum Gasteiger partial charge on any atom is -0.487 e. The van der Waals surface area contributed by atoms with Crippen LogP contribution in [0.25, 0.3) is 0 Å². The van der Waals surface area contributed by atoms with Gasteiger partial charge in [0.15, 0.2) is 5.75 Å². The predicted octanol–water partition coefficient (Wildman–Crippen LogP) is 3.02. The molecule has 1 rings (SSSR count). The molecule has 21 heavy (non-hydrogen) atoms. The summed E-state index contributed by atoms with van der Waals surface area (Å²) in [5.41, 5.74) is 0.899. The van der Waals surface area contributed by atoms with Crippen LogP contribution in [0.15, 0.2) is 18.2 Å². The molecule has 1 N–H and O–H groups in total. The third-order valence-electron chi connectivity index (χ3n) is 2.79. The standard InChI is InChI=1S/C15H21N3O3/c1-12(2)10-17-11-13-5-6-14(18(19)20)15(9-13)21-8-4-3-7-16/h5-6,9,12,17H,3-4,8,10-11H2,1-2H3. The van der Waals surface area contributed by atoms with Crippen LogP contribution in [0.4, 0.5) is 5.69 Å². The van der Waals surface area contributed by atoms with Gasteiger partial charge in [0.1, 0.15) is 0 Å². The normalized spacial score (nSPS) is 10.4. The van der Waals surface area contributed by atoms with E-state index < -0.39 is 4.92 Å². The number of rotatable bonds is 9. The van der Waals surface area contributed by atoms with E-state index in [4.69, 9.17) is 10.00 Å². The van der Waals surface area contributed by atoms with Crippen LogP contribution in [-0.2, 0) is 6.54 Å². The number of benzene rings is 1. The molecular weight excluding hydrogens is 270 g/mol. The molecule has 6 heteroatoms. The maximum absolute atomic E-state index is 11.0. The smallest absolute Gasteiger partial charge is 0.310 e. The van der Waals surface area contributed by atoms with E-state index in [0.29, 0.717) is 31.9 Å². The molecule has 0 amide bonds. The van der Waals surface area contributed by atoms with E-state index in [1.807, 2.05) is 6.07 Å². The van der Waals surface area contributed by atoms with Crippen molar-refractivity contribution in [1.82, 2.24) is 5.32 Å². The Morgan fingerprint density at radius 1 is 1.48 bits per heavy atom. The van der Waals surface area contributed by atoms with Crippen molar-refractivity contribution in [3.63, 3.8) is 0 Å². The lowest BCUT2D eigenvalue weighted by Gasteiger charge is -2.10. The van der Waals surface area contributed by atoms with Gasteiger partial charge in [-0.15, -0.1) is 0 Å². The maximum atomic E-state index is 11.0. The third-order valence-corrected chi connectivity index (χ3v) is 2.79. The summed E-state index contributed by atoms with van der Waals surface area (Å²) in [6.07, 6.45) is 0.937. The lowest BCUT2D eigenvalue weighted by atomic mass is 10.1. The molecule has 0 radical (unpaired) electrons. The second-order valence-corrected chi connectivity index (χ2v) is 5.19. The Morgan fingerprint density at radius 2 is 2.24 bits per heavy atom. The third kappa shape index (κ3) is 6.23. The van der Waals surface area contributed by atoms with Crippen molar-refractivity contribution in [3.05, 3.63) is 33.9 Å². The summed E-state index contributed by atoms with van der Waals surface area (Å²) in [6, 6.07) is 6.90. The zero-order chi connectivity index (χ0) is 15.7. The van der Waals surface area contributed by atoms with Crippen LogP contribution >= 0.6 is 0 Å². The van der Waals surface area contributed by atoms with Gasteiger partial charge in [0.05, 0.1) is 17.6 Å². The highest BCUT2D eigenvalue weighted by atomic mass is 16.6. The van der Waals surface area contributed by atoms with Crippen LogP contribution in [0, 0.1) is 27.4 Å². The van der Waals surface area contributed by atoms with Crippen LogP contribution in [0.3, 0.4) is 0 Å². The average Bonchev–Trinajstić information content (AvgIpc) is 2.43. The highest BCUT2D eigenvalue weighted by Gasteiger charge is 2.15. The molecule has 0 bridgehead atoms. The number of hydrogen-bond donors (Lipinski definition) is 1. The zero-order valence-corrected chi connectivity index (χ0v) is 12.5. The van der Waals surface area contributed by atoms with E-state index in [1.165, 1.54) is 6.07 Å². The minimum atomic E-state index is -0.453. The Kier molecular flexibility index (Phi) is 7.19. The molecule has 0 fully saturated rings. The van der Waals surface area contributed by atoms with Crippen molar-refractivity contribution in [1.29, 1.82) is 5.26 Å². The Balaban J connectivity index is 2.71. The van der Waals surface area contributed by atoms with E-state index >= 15 is 0 Å². The average molecular weight is 291 g/mol. The lowest BCUT2D eigenvalue weighted by Crippen LogP contribution is -2.19. The van der Waals surface area contributed by atoms with Gasteiger partial charge < -0.3 is 10.1 Å². The van der Waals surface area contributed by atoms with E-state index in [2.05, 4.69) is 19.2 Å². The zero-order valence-electron chi connectivity index (χ0n) is 12.5. The number of ether oxygens (including phenoxy) is 1. The molecule has 6 nitrogen and oxygen atoms in total. The van der Waals surface area contributed by atoms with E-state index in [1.54, 1.807) is 12.1 Å². The van der Waals surface area contributed by atoms with Gasteiger partial charge in [0.2, 0.25) is 0 Å². The van der Waals surface area contributed by atoms with Gasteiger partial charge in [-0.3, -0.25) is 10.1 Å². The van der Waals surface area contributed by atoms with Crippen LogP contribution in [-0.4, -0.2) is 18.1 Å². The summed E-state index contributed by atoms with van der Waals surface area (Å²) in [6.45, 7) is 6.07. The number of nitrogens with zero attached hydrogens (tertiary/aromatic N) is 2. The molecule has 1 aromatic carbocycles. The topological polar surface area (TPSA) is 88.2 Å². The number of nitro benzene ring substituents is 1. The summed E-state index contributed by atoms with van der Waals surface area (Å²) >= 11 is 0. The fraction of sp³-hybridized carbons (Fsp3) is 0.533. The SMILES string of the molecule is CC(C)CNCc1ccc([N+](=O)[O-])c(OCCCC#N)c1. The first-order valence-corrected chi connectivity index (χ1v) is 7.02. The van der Waals surface area contributed by atoms with Gasteiger partial charge in [-0.2, -0.15) is 5.26 Å². The van der Waals surface area contributed by atoms with Crippen molar-refractivity contribution in [3.8, 4) is 11.8 Å². The molecule has 0 atom stereocenters. The molecule has 0 heterocycles. The summed E-state index contributed by atoms with van der Waals surface area (Å²) in [5, 5.41) is 22.7. The molecule has 0 spiro atoms. The highest BCUT2D eigenvalue weighted by Crippen LogP contribution is 2.28. The maximum Gasteiger partial charge on any atom is 0.310 e. The molecule has 114 valence electrons. The number of hydrogen-bond acceptors (Lipinski definition) is 5. The lowest BCUT2D eigenvalue weighted by molar-refractivity contribution is -0.385. The molecule has 0 aliphatic heterocycles. The van der Waals surface area contributed by atoms with Gasteiger partial charge in [-0.05, 0) is 30.5 Å². The van der Waals surface area contributed by atoms with Crippen molar-refractivity contribution < 1.29 is 9.66 Å². The molecule has 0 aliphatic carbocycles. The second kappa shape index (κ2) is 8.93. The van der Waals surface area contributed by atoms with Gasteiger partial charge >= 0.3 is 5.69 Å².